The fraction of sp³-hybridized carbons (Fsp3) is 0.111. The van der Waals surface area contributed by atoms with Gasteiger partial charge in [-0.3, -0.25) is 4.79 Å². The van der Waals surface area contributed by atoms with Gasteiger partial charge in [-0.25, -0.2) is 9.18 Å². The molecule has 0 fully saturated rings. The lowest BCUT2D eigenvalue weighted by atomic mass is 10.1. The van der Waals surface area contributed by atoms with Gasteiger partial charge in [0.1, 0.15) is 5.75 Å². The molecular formula is C9H7FO4S. The van der Waals surface area contributed by atoms with E-state index in [9.17, 15) is 19.1 Å². The van der Waals surface area contributed by atoms with Crippen LogP contribution in [0.2, 0.25) is 0 Å². The molecule has 0 spiro atoms. The minimum Gasteiger partial charge on any atom is -0.507 e. The summed E-state index contributed by atoms with van der Waals surface area (Å²) in [5.41, 5.74) is -0.551. The molecule has 0 aliphatic heterocycles. The normalized spacial score (nSPS) is 10.0. The third-order valence-electron chi connectivity index (χ3n) is 1.72. The van der Waals surface area contributed by atoms with Gasteiger partial charge in [-0.05, 0) is 18.4 Å². The maximum atomic E-state index is 13.5. The van der Waals surface area contributed by atoms with E-state index in [4.69, 9.17) is 5.11 Å². The number of carbonyl (C=O) groups excluding carboxylic acids is 1. The van der Waals surface area contributed by atoms with Crippen molar-refractivity contribution in [3.05, 3.63) is 23.5 Å². The second-order valence-electron chi connectivity index (χ2n) is 2.61. The Balaban J connectivity index is 3.34. The Bertz CT molecular complexity index is 430. The highest BCUT2D eigenvalue weighted by Crippen LogP contribution is 2.31. The van der Waals surface area contributed by atoms with Crippen LogP contribution in [0.1, 0.15) is 10.4 Å². The summed E-state index contributed by atoms with van der Waals surface area (Å²) in [5.74, 6) is -4.38. The second kappa shape index (κ2) is 4.31. The molecule has 0 saturated carbocycles. The summed E-state index contributed by atoms with van der Waals surface area (Å²) in [5, 5.41) is 17.6. The van der Waals surface area contributed by atoms with Crippen LogP contribution < -0.4 is 0 Å². The van der Waals surface area contributed by atoms with Gasteiger partial charge in [-0.1, -0.05) is 0 Å². The number of benzene rings is 1. The van der Waals surface area contributed by atoms with Gasteiger partial charge < -0.3 is 10.2 Å². The molecule has 80 valence electrons. The number of aliphatic carboxylic acids is 1. The molecule has 0 aliphatic carbocycles. The number of phenols is 1. The predicted molar refractivity (Wildman–Crippen MR) is 51.8 cm³/mol. The van der Waals surface area contributed by atoms with Gasteiger partial charge in [0.25, 0.3) is 5.78 Å². The van der Waals surface area contributed by atoms with E-state index in [0.717, 1.165) is 23.9 Å². The van der Waals surface area contributed by atoms with Gasteiger partial charge in [-0.15, -0.1) is 11.8 Å². The Labute approximate surface area is 88.7 Å². The van der Waals surface area contributed by atoms with E-state index in [0.29, 0.717) is 0 Å². The summed E-state index contributed by atoms with van der Waals surface area (Å²) >= 11 is 0.895. The zero-order valence-corrected chi connectivity index (χ0v) is 8.47. The molecular weight excluding hydrogens is 223 g/mol. The number of rotatable bonds is 3. The van der Waals surface area contributed by atoms with Crippen LogP contribution in [0.25, 0.3) is 0 Å². The zero-order valence-electron chi connectivity index (χ0n) is 7.65. The van der Waals surface area contributed by atoms with Crippen LogP contribution in [0.15, 0.2) is 17.0 Å². The molecule has 0 atom stereocenters. The summed E-state index contributed by atoms with van der Waals surface area (Å²) < 4.78 is 13.5. The van der Waals surface area contributed by atoms with Crippen molar-refractivity contribution in [1.29, 1.82) is 0 Å². The van der Waals surface area contributed by atoms with Crippen molar-refractivity contribution in [3.8, 4) is 5.75 Å². The molecule has 4 nitrogen and oxygen atoms in total. The highest BCUT2D eigenvalue weighted by atomic mass is 32.2. The maximum absolute atomic E-state index is 13.5. The van der Waals surface area contributed by atoms with Crippen molar-refractivity contribution >= 4 is 23.5 Å². The van der Waals surface area contributed by atoms with Crippen LogP contribution in [0.3, 0.4) is 0 Å². The second-order valence-corrected chi connectivity index (χ2v) is 3.43. The summed E-state index contributed by atoms with van der Waals surface area (Å²) in [6, 6.07) is 2.03. The van der Waals surface area contributed by atoms with Crippen LogP contribution in [0.5, 0.6) is 5.75 Å². The third-order valence-corrected chi connectivity index (χ3v) is 2.52. The summed E-state index contributed by atoms with van der Waals surface area (Å²) in [6.45, 7) is 0. The predicted octanol–water partition coefficient (Wildman–Crippen LogP) is 1.52. The van der Waals surface area contributed by atoms with Crippen molar-refractivity contribution in [2.24, 2.45) is 0 Å². The number of aromatic hydroxyl groups is 1. The van der Waals surface area contributed by atoms with Crippen LogP contribution in [0, 0.1) is 5.82 Å². The Hall–Kier alpha value is -1.56. The first-order chi connectivity index (χ1) is 6.99. The number of hydrogen-bond donors (Lipinski definition) is 2. The molecule has 0 heterocycles. The van der Waals surface area contributed by atoms with Crippen molar-refractivity contribution < 1.29 is 24.2 Å². The monoisotopic (exact) mass is 230 g/mol. The molecule has 1 rings (SSSR count). The van der Waals surface area contributed by atoms with Crippen LogP contribution in [0.4, 0.5) is 4.39 Å². The molecule has 15 heavy (non-hydrogen) atoms. The number of Topliss-reactive ketones (excluding diaryl/α,β-unsaturated/α-hetero) is 1. The van der Waals surface area contributed by atoms with Crippen LogP contribution in [-0.4, -0.2) is 28.2 Å². The number of carboxylic acid groups (broad SMARTS) is 1. The lowest BCUT2D eigenvalue weighted by molar-refractivity contribution is -0.131. The molecule has 0 aromatic heterocycles. The van der Waals surface area contributed by atoms with E-state index >= 15 is 0 Å². The fourth-order valence-electron chi connectivity index (χ4n) is 1.03. The summed E-state index contributed by atoms with van der Waals surface area (Å²) in [6.07, 6.45) is 1.51. The zero-order chi connectivity index (χ0) is 11.6. The van der Waals surface area contributed by atoms with E-state index in [1.165, 1.54) is 6.26 Å². The average Bonchev–Trinajstić information content (AvgIpc) is 2.17. The number of carbonyl (C=O) groups is 2. The van der Waals surface area contributed by atoms with Crippen molar-refractivity contribution in [2.45, 2.75) is 4.90 Å². The van der Waals surface area contributed by atoms with E-state index in [2.05, 4.69) is 0 Å². The molecule has 0 radical (unpaired) electrons. The molecule has 2 N–H and O–H groups in total. The fourth-order valence-corrected chi connectivity index (χ4v) is 1.60. The van der Waals surface area contributed by atoms with Crippen molar-refractivity contribution in [2.75, 3.05) is 6.26 Å². The van der Waals surface area contributed by atoms with Gasteiger partial charge >= 0.3 is 5.97 Å². The SMILES string of the molecule is CSc1c(O)ccc(C(=O)C(=O)O)c1F. The van der Waals surface area contributed by atoms with E-state index in [1.54, 1.807) is 0 Å². The lowest BCUT2D eigenvalue weighted by Gasteiger charge is -2.05. The minimum absolute atomic E-state index is 0.137. The largest absolute Gasteiger partial charge is 0.507 e. The molecule has 0 saturated heterocycles. The van der Waals surface area contributed by atoms with Gasteiger partial charge in [0, 0.05) is 0 Å². The lowest BCUT2D eigenvalue weighted by Crippen LogP contribution is -2.14. The number of thioether (sulfide) groups is 1. The van der Waals surface area contributed by atoms with E-state index < -0.39 is 23.1 Å². The van der Waals surface area contributed by atoms with Gasteiger partial charge in [0.2, 0.25) is 0 Å². The molecule has 1 aromatic rings. The first-order valence-electron chi connectivity index (χ1n) is 3.82. The Morgan fingerprint density at radius 3 is 2.47 bits per heavy atom. The van der Waals surface area contributed by atoms with Gasteiger partial charge in [0.15, 0.2) is 5.82 Å². The molecule has 1 aromatic carbocycles. The highest BCUT2D eigenvalue weighted by molar-refractivity contribution is 7.98. The quantitative estimate of drug-likeness (QED) is 0.468. The molecule has 0 aliphatic rings. The first-order valence-corrected chi connectivity index (χ1v) is 5.04. The van der Waals surface area contributed by atoms with E-state index in [-0.39, 0.29) is 10.6 Å². The Morgan fingerprint density at radius 1 is 1.40 bits per heavy atom. The topological polar surface area (TPSA) is 74.6 Å². The van der Waals surface area contributed by atoms with Gasteiger partial charge in [-0.2, -0.15) is 0 Å². The number of hydrogen-bond acceptors (Lipinski definition) is 4. The summed E-state index contributed by atoms with van der Waals surface area (Å²) in [7, 11) is 0. The smallest absolute Gasteiger partial charge is 0.377 e. The minimum atomic E-state index is -1.73. The first kappa shape index (κ1) is 11.5. The Kier molecular flexibility index (Phi) is 3.31. The number of phenolic OH excluding ortho intramolecular Hbond substituents is 1. The molecule has 0 bridgehead atoms. The van der Waals surface area contributed by atoms with Crippen LogP contribution in [-0.2, 0) is 4.79 Å². The number of carboxylic acids is 1. The standard InChI is InChI=1S/C9H7FO4S/c1-15-8-5(11)3-2-4(6(8)10)7(12)9(13)14/h2-3,11H,1H3,(H,13,14). The number of halogens is 1. The average molecular weight is 230 g/mol. The van der Waals surface area contributed by atoms with Gasteiger partial charge in [0.05, 0.1) is 10.5 Å². The molecule has 0 amide bonds. The van der Waals surface area contributed by atoms with Crippen molar-refractivity contribution in [3.63, 3.8) is 0 Å². The maximum Gasteiger partial charge on any atom is 0.377 e. The third kappa shape index (κ3) is 2.10. The summed E-state index contributed by atoms with van der Waals surface area (Å²) in [4.78, 5) is 21.2. The number of ketones is 1. The Morgan fingerprint density at radius 2 is 2.00 bits per heavy atom. The van der Waals surface area contributed by atoms with Crippen molar-refractivity contribution in [1.82, 2.24) is 0 Å². The molecule has 0 unspecified atom stereocenters. The molecule has 6 heteroatoms. The highest BCUT2D eigenvalue weighted by Gasteiger charge is 2.22. The van der Waals surface area contributed by atoms with Crippen LogP contribution >= 0.6 is 11.8 Å². The van der Waals surface area contributed by atoms with E-state index in [1.807, 2.05) is 0 Å².